The highest BCUT2D eigenvalue weighted by molar-refractivity contribution is 5.71. The van der Waals surface area contributed by atoms with Crippen LogP contribution in [0.1, 0.15) is 253 Å². The van der Waals surface area contributed by atoms with Gasteiger partial charge in [-0.15, -0.1) is 0 Å². The van der Waals surface area contributed by atoms with Gasteiger partial charge in [0.25, 0.3) is 0 Å². The van der Waals surface area contributed by atoms with Crippen molar-refractivity contribution in [3.63, 3.8) is 0 Å². The highest BCUT2D eigenvalue weighted by atomic mass is 16.6. The Hall–Kier alpha value is -1.59. The monoisotopic (exact) mass is 765 g/mol. The van der Waals surface area contributed by atoms with Gasteiger partial charge in [0.1, 0.15) is 13.2 Å². The lowest BCUT2D eigenvalue weighted by Gasteiger charge is -2.18. The zero-order valence-electron chi connectivity index (χ0n) is 37.0. The predicted octanol–water partition coefficient (Wildman–Crippen LogP) is 14.8. The summed E-state index contributed by atoms with van der Waals surface area (Å²) in [6, 6.07) is 0. The first-order valence-corrected chi connectivity index (χ1v) is 23.6. The second kappa shape index (κ2) is 39.6. The van der Waals surface area contributed by atoms with Gasteiger partial charge in [-0.25, -0.2) is 0 Å². The van der Waals surface area contributed by atoms with Gasteiger partial charge < -0.3 is 14.2 Å². The van der Waals surface area contributed by atoms with E-state index in [2.05, 4.69) is 41.5 Å². The largest absolute Gasteiger partial charge is 0.462 e. The van der Waals surface area contributed by atoms with Gasteiger partial charge in [-0.05, 0) is 37.0 Å². The van der Waals surface area contributed by atoms with E-state index < -0.39 is 6.10 Å². The molecule has 0 aromatic heterocycles. The van der Waals surface area contributed by atoms with Gasteiger partial charge in [-0.1, -0.05) is 215 Å². The molecule has 0 bridgehead atoms. The van der Waals surface area contributed by atoms with Gasteiger partial charge in [-0.3, -0.25) is 14.4 Å². The normalized spacial score (nSPS) is 12.7. The maximum absolute atomic E-state index is 12.7. The van der Waals surface area contributed by atoms with E-state index in [1.807, 2.05) is 0 Å². The van der Waals surface area contributed by atoms with Crippen LogP contribution in [0.5, 0.6) is 0 Å². The standard InChI is InChI=1S/C48H92O6/c1-7-44(6)36-30-24-18-12-8-9-13-19-25-31-37-46(49)52-40-45(41-53-47(50)38-32-26-21-15-17-23-29-35-43(4)5)54-48(51)39-33-27-20-14-10-11-16-22-28-34-42(2)3/h42-45H,7-41H2,1-6H3/t44?,45-/m1/s1. The predicted molar refractivity (Wildman–Crippen MR) is 229 cm³/mol. The van der Waals surface area contributed by atoms with E-state index in [-0.39, 0.29) is 31.1 Å². The van der Waals surface area contributed by atoms with E-state index in [1.54, 1.807) is 0 Å². The van der Waals surface area contributed by atoms with Crippen LogP contribution < -0.4 is 0 Å². The highest BCUT2D eigenvalue weighted by Crippen LogP contribution is 2.17. The number of rotatable bonds is 41. The molecule has 1 unspecified atom stereocenters. The Bertz CT molecular complexity index is 839. The van der Waals surface area contributed by atoms with Gasteiger partial charge in [0.2, 0.25) is 0 Å². The van der Waals surface area contributed by atoms with Crippen molar-refractivity contribution in [3.8, 4) is 0 Å². The van der Waals surface area contributed by atoms with Crippen LogP contribution >= 0.6 is 0 Å². The first kappa shape index (κ1) is 52.4. The number of unbranched alkanes of at least 4 members (excludes halogenated alkanes) is 23. The van der Waals surface area contributed by atoms with Crippen LogP contribution in [0.25, 0.3) is 0 Å². The summed E-state index contributed by atoms with van der Waals surface area (Å²) in [5.74, 6) is 1.59. The van der Waals surface area contributed by atoms with Crippen LogP contribution in [-0.2, 0) is 28.6 Å². The summed E-state index contributed by atoms with van der Waals surface area (Å²) in [4.78, 5) is 37.7. The Morgan fingerprint density at radius 2 is 0.648 bits per heavy atom. The summed E-state index contributed by atoms with van der Waals surface area (Å²) in [6.45, 7) is 13.6. The first-order valence-electron chi connectivity index (χ1n) is 23.6. The van der Waals surface area contributed by atoms with Gasteiger partial charge in [0.15, 0.2) is 6.10 Å². The fraction of sp³-hybridized carbons (Fsp3) is 0.938. The Morgan fingerprint density at radius 3 is 0.963 bits per heavy atom. The van der Waals surface area contributed by atoms with Crippen molar-refractivity contribution in [1.82, 2.24) is 0 Å². The van der Waals surface area contributed by atoms with Crippen LogP contribution in [0.2, 0.25) is 0 Å². The number of esters is 3. The fourth-order valence-corrected chi connectivity index (χ4v) is 7.02. The third kappa shape index (κ3) is 40.1. The van der Waals surface area contributed by atoms with E-state index in [0.717, 1.165) is 75.5 Å². The van der Waals surface area contributed by atoms with Crippen molar-refractivity contribution in [2.75, 3.05) is 13.2 Å². The number of hydrogen-bond acceptors (Lipinski definition) is 6. The summed E-state index contributed by atoms with van der Waals surface area (Å²) in [5, 5.41) is 0. The maximum atomic E-state index is 12.7. The molecule has 0 spiro atoms. The third-order valence-corrected chi connectivity index (χ3v) is 11.0. The summed E-state index contributed by atoms with van der Waals surface area (Å²) in [5.41, 5.74) is 0. The molecule has 0 aliphatic carbocycles. The number of hydrogen-bond donors (Lipinski definition) is 0. The molecule has 0 fully saturated rings. The first-order chi connectivity index (χ1) is 26.1. The molecule has 2 atom stereocenters. The van der Waals surface area contributed by atoms with E-state index in [1.165, 1.54) is 135 Å². The van der Waals surface area contributed by atoms with Crippen LogP contribution in [0.3, 0.4) is 0 Å². The van der Waals surface area contributed by atoms with Crippen molar-refractivity contribution in [3.05, 3.63) is 0 Å². The van der Waals surface area contributed by atoms with E-state index in [4.69, 9.17) is 14.2 Å². The molecule has 0 rings (SSSR count). The zero-order chi connectivity index (χ0) is 39.9. The van der Waals surface area contributed by atoms with Gasteiger partial charge >= 0.3 is 17.9 Å². The molecule has 6 nitrogen and oxygen atoms in total. The molecule has 54 heavy (non-hydrogen) atoms. The lowest BCUT2D eigenvalue weighted by molar-refractivity contribution is -0.167. The molecule has 0 N–H and O–H groups in total. The summed E-state index contributed by atoms with van der Waals surface area (Å²) in [6.07, 6.45) is 36.6. The zero-order valence-corrected chi connectivity index (χ0v) is 37.0. The minimum Gasteiger partial charge on any atom is -0.462 e. The van der Waals surface area contributed by atoms with E-state index >= 15 is 0 Å². The van der Waals surface area contributed by atoms with Crippen molar-refractivity contribution in [2.45, 2.75) is 260 Å². The Kier molecular flexibility index (Phi) is 38.5. The van der Waals surface area contributed by atoms with E-state index in [0.29, 0.717) is 19.3 Å². The molecule has 0 aromatic carbocycles. The molecule has 0 aromatic rings. The summed E-state index contributed by atoms with van der Waals surface area (Å²) >= 11 is 0. The Morgan fingerprint density at radius 1 is 0.370 bits per heavy atom. The molecule has 0 aliphatic rings. The van der Waals surface area contributed by atoms with Crippen molar-refractivity contribution in [1.29, 1.82) is 0 Å². The van der Waals surface area contributed by atoms with Crippen LogP contribution in [0, 0.1) is 17.8 Å². The molecule has 0 amide bonds. The summed E-state index contributed by atoms with van der Waals surface area (Å²) in [7, 11) is 0. The molecular formula is C48H92O6. The lowest BCUT2D eigenvalue weighted by atomic mass is 9.99. The molecule has 6 heteroatoms. The number of carbonyl (C=O) groups excluding carboxylic acids is 3. The molecule has 0 heterocycles. The second-order valence-corrected chi connectivity index (χ2v) is 17.6. The van der Waals surface area contributed by atoms with Crippen LogP contribution in [0.15, 0.2) is 0 Å². The average molecular weight is 765 g/mol. The average Bonchev–Trinajstić information content (AvgIpc) is 3.14. The number of carbonyl (C=O) groups is 3. The summed E-state index contributed by atoms with van der Waals surface area (Å²) < 4.78 is 16.7. The fourth-order valence-electron chi connectivity index (χ4n) is 7.02. The van der Waals surface area contributed by atoms with Gasteiger partial charge in [-0.2, -0.15) is 0 Å². The van der Waals surface area contributed by atoms with Crippen LogP contribution in [-0.4, -0.2) is 37.2 Å². The minimum absolute atomic E-state index is 0.0663. The molecule has 0 saturated carbocycles. The molecule has 320 valence electrons. The Balaban J connectivity index is 4.34. The van der Waals surface area contributed by atoms with Crippen molar-refractivity contribution in [2.24, 2.45) is 17.8 Å². The maximum Gasteiger partial charge on any atom is 0.306 e. The quantitative estimate of drug-likeness (QED) is 0.0350. The third-order valence-electron chi connectivity index (χ3n) is 11.0. The SMILES string of the molecule is CCC(C)CCCCCCCCCCCCC(=O)OC[C@H](COC(=O)CCCCCCCCCC(C)C)OC(=O)CCCCCCCCCCCC(C)C. The molecule has 0 radical (unpaired) electrons. The number of ether oxygens (including phenoxy) is 3. The van der Waals surface area contributed by atoms with Crippen molar-refractivity contribution < 1.29 is 28.6 Å². The lowest BCUT2D eigenvalue weighted by Crippen LogP contribution is -2.30. The van der Waals surface area contributed by atoms with Gasteiger partial charge in [0, 0.05) is 19.3 Å². The topological polar surface area (TPSA) is 78.9 Å². The van der Waals surface area contributed by atoms with Crippen LogP contribution in [0.4, 0.5) is 0 Å². The van der Waals surface area contributed by atoms with Crippen molar-refractivity contribution >= 4 is 17.9 Å². The molecular weight excluding hydrogens is 673 g/mol. The minimum atomic E-state index is -0.762. The molecule has 0 saturated heterocycles. The highest BCUT2D eigenvalue weighted by Gasteiger charge is 2.19. The van der Waals surface area contributed by atoms with Gasteiger partial charge in [0.05, 0.1) is 0 Å². The Labute approximate surface area is 336 Å². The van der Waals surface area contributed by atoms with E-state index in [9.17, 15) is 14.4 Å². The molecule has 0 aliphatic heterocycles. The smallest absolute Gasteiger partial charge is 0.306 e. The second-order valence-electron chi connectivity index (χ2n) is 17.6.